The highest BCUT2D eigenvalue weighted by molar-refractivity contribution is 7.99. The normalized spacial score (nSPS) is 14.7. The molecule has 19 heavy (non-hydrogen) atoms. The van der Waals surface area contributed by atoms with E-state index in [9.17, 15) is 0 Å². The number of benzene rings is 1. The number of aryl methyl sites for hydroxylation is 1. The van der Waals surface area contributed by atoms with E-state index in [1.54, 1.807) is 0 Å². The van der Waals surface area contributed by atoms with E-state index < -0.39 is 0 Å². The summed E-state index contributed by atoms with van der Waals surface area (Å²) in [6.07, 6.45) is 1.17. The molecule has 0 aliphatic heterocycles. The van der Waals surface area contributed by atoms with Crippen LogP contribution < -0.4 is 11.3 Å². The van der Waals surface area contributed by atoms with E-state index in [1.807, 2.05) is 11.8 Å². The number of para-hydroxylation sites is 1. The molecule has 0 aliphatic carbocycles. The second-order valence-corrected chi connectivity index (χ2v) is 6.38. The first kappa shape index (κ1) is 14.4. The third-order valence-electron chi connectivity index (χ3n) is 3.43. The molecule has 1 aromatic heterocycles. The van der Waals surface area contributed by atoms with Gasteiger partial charge in [0.15, 0.2) is 0 Å². The molecule has 0 spiro atoms. The molecule has 104 valence electrons. The van der Waals surface area contributed by atoms with Crippen molar-refractivity contribution >= 4 is 22.7 Å². The predicted octanol–water partition coefficient (Wildman–Crippen LogP) is 3.78. The number of hydrogen-bond donors (Lipinski definition) is 2. The molecule has 0 saturated heterocycles. The number of nitrogens with one attached hydrogen (secondary N) is 1. The molecule has 2 rings (SSSR count). The van der Waals surface area contributed by atoms with E-state index in [4.69, 9.17) is 10.3 Å². The van der Waals surface area contributed by atoms with E-state index in [1.165, 1.54) is 6.42 Å². The molecular weight excluding hydrogens is 256 g/mol. The van der Waals surface area contributed by atoms with Crippen molar-refractivity contribution in [2.75, 3.05) is 5.75 Å². The van der Waals surface area contributed by atoms with Gasteiger partial charge in [0, 0.05) is 16.4 Å². The van der Waals surface area contributed by atoms with Gasteiger partial charge in [0.2, 0.25) is 0 Å². The molecule has 0 amide bonds. The fourth-order valence-corrected chi connectivity index (χ4v) is 3.01. The topological polar surface area (TPSA) is 51.2 Å². The first-order valence-electron chi connectivity index (χ1n) is 6.72. The number of hydrazine groups is 1. The van der Waals surface area contributed by atoms with E-state index in [0.29, 0.717) is 5.25 Å². The zero-order valence-corrected chi connectivity index (χ0v) is 12.6. The Kier molecular flexibility index (Phi) is 4.91. The molecule has 0 bridgehead atoms. The van der Waals surface area contributed by atoms with E-state index in [-0.39, 0.29) is 6.04 Å². The average Bonchev–Trinajstić information content (AvgIpc) is 2.84. The lowest BCUT2D eigenvalue weighted by Crippen LogP contribution is -2.29. The van der Waals surface area contributed by atoms with Crippen LogP contribution in [-0.4, -0.2) is 11.0 Å². The van der Waals surface area contributed by atoms with Gasteiger partial charge in [0.1, 0.15) is 11.3 Å². The summed E-state index contributed by atoms with van der Waals surface area (Å²) >= 11 is 1.92. The third-order valence-corrected chi connectivity index (χ3v) is 4.86. The zero-order chi connectivity index (χ0) is 13.8. The first-order chi connectivity index (χ1) is 9.15. The predicted molar refractivity (Wildman–Crippen MR) is 83.2 cm³/mol. The smallest absolute Gasteiger partial charge is 0.137 e. The number of furan rings is 1. The van der Waals surface area contributed by atoms with Crippen molar-refractivity contribution in [1.82, 2.24) is 5.43 Å². The highest BCUT2D eigenvalue weighted by Crippen LogP contribution is 2.29. The van der Waals surface area contributed by atoms with Crippen molar-refractivity contribution in [3.8, 4) is 0 Å². The summed E-state index contributed by atoms with van der Waals surface area (Å²) in [5, 5.41) is 1.78. The van der Waals surface area contributed by atoms with Gasteiger partial charge in [-0.25, -0.2) is 5.43 Å². The molecule has 4 heteroatoms. The minimum absolute atomic E-state index is 0.0609. The van der Waals surface area contributed by atoms with Crippen LogP contribution in [-0.2, 0) is 0 Å². The van der Waals surface area contributed by atoms with Crippen LogP contribution in [0.25, 0.3) is 11.0 Å². The van der Waals surface area contributed by atoms with Crippen LogP contribution in [0.4, 0.5) is 0 Å². The average molecular weight is 278 g/mol. The van der Waals surface area contributed by atoms with Gasteiger partial charge in [-0.2, -0.15) is 11.8 Å². The molecule has 1 aromatic carbocycles. The molecular formula is C15H22N2OS. The standard InChI is InChI=1S/C15H22N2OS/c1-4-11(3)19-9-13(17-16)14-8-12-7-5-6-10(2)15(12)18-14/h5-8,11,13,17H,4,9,16H2,1-3H3. The Hall–Kier alpha value is -0.970. The lowest BCUT2D eigenvalue weighted by atomic mass is 10.1. The summed E-state index contributed by atoms with van der Waals surface area (Å²) in [5.41, 5.74) is 4.99. The van der Waals surface area contributed by atoms with Crippen LogP contribution in [0.2, 0.25) is 0 Å². The van der Waals surface area contributed by atoms with Crippen molar-refractivity contribution in [1.29, 1.82) is 0 Å². The molecule has 0 aliphatic rings. The SMILES string of the molecule is CCC(C)SCC(NN)c1cc2cccc(C)c2o1. The highest BCUT2D eigenvalue weighted by Gasteiger charge is 2.16. The molecule has 0 fully saturated rings. The van der Waals surface area contributed by atoms with E-state index in [2.05, 4.69) is 50.5 Å². The Morgan fingerprint density at radius 1 is 1.42 bits per heavy atom. The van der Waals surface area contributed by atoms with Crippen molar-refractivity contribution in [3.63, 3.8) is 0 Å². The van der Waals surface area contributed by atoms with Crippen LogP contribution in [0, 0.1) is 6.92 Å². The fraction of sp³-hybridized carbons (Fsp3) is 0.467. The summed E-state index contributed by atoms with van der Waals surface area (Å²) in [4.78, 5) is 0. The maximum Gasteiger partial charge on any atom is 0.137 e. The van der Waals surface area contributed by atoms with E-state index in [0.717, 1.165) is 28.0 Å². The van der Waals surface area contributed by atoms with E-state index >= 15 is 0 Å². The van der Waals surface area contributed by atoms with Crippen molar-refractivity contribution in [3.05, 3.63) is 35.6 Å². The molecule has 1 heterocycles. The van der Waals surface area contributed by atoms with Crippen LogP contribution in [0.5, 0.6) is 0 Å². The third kappa shape index (κ3) is 3.32. The summed E-state index contributed by atoms with van der Waals surface area (Å²) in [6, 6.07) is 8.34. The second-order valence-electron chi connectivity index (χ2n) is 4.91. The largest absolute Gasteiger partial charge is 0.459 e. The lowest BCUT2D eigenvalue weighted by molar-refractivity contribution is 0.462. The first-order valence-corrected chi connectivity index (χ1v) is 7.77. The number of fused-ring (bicyclic) bond motifs is 1. The Balaban J connectivity index is 2.18. The van der Waals surface area contributed by atoms with Crippen LogP contribution in [0.3, 0.4) is 0 Å². The second kappa shape index (κ2) is 6.46. The van der Waals surface area contributed by atoms with Gasteiger partial charge in [-0.15, -0.1) is 0 Å². The van der Waals surface area contributed by atoms with Crippen molar-refractivity contribution in [2.24, 2.45) is 5.84 Å². The van der Waals surface area contributed by atoms with Gasteiger partial charge in [-0.05, 0) is 25.0 Å². The lowest BCUT2D eigenvalue weighted by Gasteiger charge is -2.15. The van der Waals surface area contributed by atoms with Crippen LogP contribution in [0.15, 0.2) is 28.7 Å². The van der Waals surface area contributed by atoms with Crippen LogP contribution >= 0.6 is 11.8 Å². The monoisotopic (exact) mass is 278 g/mol. The molecule has 2 aromatic rings. The maximum absolute atomic E-state index is 5.96. The van der Waals surface area contributed by atoms with Gasteiger partial charge < -0.3 is 4.42 Å². The van der Waals surface area contributed by atoms with Gasteiger partial charge in [-0.3, -0.25) is 5.84 Å². The quantitative estimate of drug-likeness (QED) is 0.623. The molecule has 2 unspecified atom stereocenters. The summed E-state index contributed by atoms with van der Waals surface area (Å²) < 4.78 is 5.96. The highest BCUT2D eigenvalue weighted by atomic mass is 32.2. The number of thioether (sulfide) groups is 1. The Labute approximate surface area is 118 Å². The van der Waals surface area contributed by atoms with Gasteiger partial charge in [0.25, 0.3) is 0 Å². The Morgan fingerprint density at radius 2 is 2.21 bits per heavy atom. The summed E-state index contributed by atoms with van der Waals surface area (Å²) in [5.74, 6) is 7.51. The van der Waals surface area contributed by atoms with Gasteiger partial charge in [0.05, 0.1) is 6.04 Å². The molecule has 2 atom stereocenters. The molecule has 0 radical (unpaired) electrons. The summed E-state index contributed by atoms with van der Waals surface area (Å²) in [6.45, 7) is 6.50. The zero-order valence-electron chi connectivity index (χ0n) is 11.8. The Bertz CT molecular complexity index is 538. The van der Waals surface area contributed by atoms with Crippen molar-refractivity contribution < 1.29 is 4.42 Å². The number of hydrogen-bond acceptors (Lipinski definition) is 4. The molecule has 0 saturated carbocycles. The van der Waals surface area contributed by atoms with Gasteiger partial charge in [-0.1, -0.05) is 32.0 Å². The minimum Gasteiger partial charge on any atom is -0.459 e. The summed E-state index contributed by atoms with van der Waals surface area (Å²) in [7, 11) is 0. The number of rotatable bonds is 6. The molecule has 3 nitrogen and oxygen atoms in total. The van der Waals surface area contributed by atoms with Crippen molar-refractivity contribution in [2.45, 2.75) is 38.5 Å². The van der Waals surface area contributed by atoms with Crippen LogP contribution in [0.1, 0.15) is 37.6 Å². The molecule has 3 N–H and O–H groups in total. The maximum atomic E-state index is 5.96. The number of nitrogens with two attached hydrogens (primary N) is 1. The fourth-order valence-electron chi connectivity index (χ4n) is 1.99. The minimum atomic E-state index is 0.0609. The van der Waals surface area contributed by atoms with Gasteiger partial charge >= 0.3 is 0 Å². The Morgan fingerprint density at radius 3 is 2.84 bits per heavy atom.